The zero-order chi connectivity index (χ0) is 12.4. The summed E-state index contributed by atoms with van der Waals surface area (Å²) in [5, 5.41) is 10.5. The van der Waals surface area contributed by atoms with Gasteiger partial charge in [-0.15, -0.1) is 0 Å². The van der Waals surface area contributed by atoms with Crippen LogP contribution in [0.1, 0.15) is 0 Å². The van der Waals surface area contributed by atoms with Gasteiger partial charge in [0.1, 0.15) is 21.7 Å². The Morgan fingerprint density at radius 2 is 1.82 bits per heavy atom. The fourth-order valence-corrected chi connectivity index (χ4v) is 3.37. The second kappa shape index (κ2) is 4.77. The number of rotatable bonds is 1. The number of carbonyl (C=O) groups is 1. The monoisotopic (exact) mass is 264 g/mol. The van der Waals surface area contributed by atoms with E-state index in [2.05, 4.69) is 9.97 Å². The van der Waals surface area contributed by atoms with Crippen LogP contribution in [0, 0.1) is 11.3 Å². The van der Waals surface area contributed by atoms with Crippen molar-refractivity contribution in [2.24, 2.45) is 0 Å². The molecule has 0 fully saturated rings. The first-order chi connectivity index (χ1) is 8.13. The van der Waals surface area contributed by atoms with E-state index in [1.54, 1.807) is 26.5 Å². The smallest absolute Gasteiger partial charge is 0.265 e. The highest BCUT2D eigenvalue weighted by Gasteiger charge is 2.27. The highest BCUT2D eigenvalue weighted by molar-refractivity contribution is 8.24. The molecule has 0 spiro atoms. The first-order valence-corrected chi connectivity index (χ1v) is 6.29. The molecule has 0 saturated carbocycles. The van der Waals surface area contributed by atoms with Crippen LogP contribution in [0.15, 0.2) is 32.3 Å². The van der Waals surface area contributed by atoms with Crippen LogP contribution in [-0.4, -0.2) is 34.9 Å². The fraction of sp³-hybridized carbons (Fsp3) is 0.200. The molecule has 2 heterocycles. The molecular formula is C10H8N4OS2. The summed E-state index contributed by atoms with van der Waals surface area (Å²) in [6, 6.07) is 1.95. The lowest BCUT2D eigenvalue weighted by molar-refractivity contribution is -0.124. The number of amides is 1. The molecule has 0 radical (unpaired) electrons. The van der Waals surface area contributed by atoms with Gasteiger partial charge in [0.25, 0.3) is 5.91 Å². The van der Waals surface area contributed by atoms with E-state index >= 15 is 0 Å². The average Bonchev–Trinajstić information content (AvgIpc) is 2.72. The Balaban J connectivity index is 2.37. The predicted molar refractivity (Wildman–Crippen MR) is 65.1 cm³/mol. The first-order valence-electron chi connectivity index (χ1n) is 4.66. The summed E-state index contributed by atoms with van der Waals surface area (Å²) in [4.78, 5) is 21.5. The van der Waals surface area contributed by atoms with Crippen LogP contribution in [0.3, 0.4) is 0 Å². The number of carbonyl (C=O) groups excluding carboxylic acids is 1. The third-order valence-corrected chi connectivity index (χ3v) is 4.34. The van der Waals surface area contributed by atoms with Crippen molar-refractivity contribution in [3.8, 4) is 6.07 Å². The summed E-state index contributed by atoms with van der Waals surface area (Å²) in [5.41, 5.74) is 0.143. The van der Waals surface area contributed by atoms with Gasteiger partial charge in [-0.25, -0.2) is 9.97 Å². The predicted octanol–water partition coefficient (Wildman–Crippen LogP) is 1.50. The maximum Gasteiger partial charge on any atom is 0.265 e. The minimum absolute atomic E-state index is 0.143. The van der Waals surface area contributed by atoms with Gasteiger partial charge in [-0.2, -0.15) is 5.26 Å². The number of hydrogen-bond donors (Lipinski definition) is 0. The second-order valence-electron chi connectivity index (χ2n) is 3.34. The third-order valence-electron chi connectivity index (χ3n) is 1.95. The van der Waals surface area contributed by atoms with Crippen molar-refractivity contribution < 1.29 is 4.79 Å². The number of nitrogens with zero attached hydrogens (tertiary/aromatic N) is 4. The molecule has 7 heteroatoms. The van der Waals surface area contributed by atoms with Crippen LogP contribution in [0.25, 0.3) is 0 Å². The van der Waals surface area contributed by atoms with Crippen molar-refractivity contribution in [2.75, 3.05) is 14.1 Å². The van der Waals surface area contributed by atoms with E-state index in [0.29, 0.717) is 4.24 Å². The Morgan fingerprint density at radius 3 is 2.24 bits per heavy atom. The molecule has 2 rings (SSSR count). The molecule has 1 aliphatic rings. The number of aromatic nitrogens is 2. The van der Waals surface area contributed by atoms with Crippen molar-refractivity contribution in [1.29, 1.82) is 5.26 Å². The molecule has 1 aromatic rings. The van der Waals surface area contributed by atoms with E-state index < -0.39 is 0 Å². The van der Waals surface area contributed by atoms with Crippen molar-refractivity contribution in [1.82, 2.24) is 14.9 Å². The van der Waals surface area contributed by atoms with Gasteiger partial charge in [-0.05, 0) is 0 Å². The van der Waals surface area contributed by atoms with Crippen molar-refractivity contribution >= 4 is 29.4 Å². The van der Waals surface area contributed by atoms with E-state index in [9.17, 15) is 4.79 Å². The van der Waals surface area contributed by atoms with Gasteiger partial charge in [0.05, 0.1) is 4.24 Å². The lowest BCUT2D eigenvalue weighted by Gasteiger charge is -2.09. The number of thioether (sulfide) groups is 2. The van der Waals surface area contributed by atoms with E-state index in [4.69, 9.17) is 5.26 Å². The van der Waals surface area contributed by atoms with Crippen LogP contribution < -0.4 is 0 Å². The number of nitriles is 1. The summed E-state index contributed by atoms with van der Waals surface area (Å²) in [6.45, 7) is 0. The topological polar surface area (TPSA) is 69.9 Å². The van der Waals surface area contributed by atoms with Crippen LogP contribution in [0.5, 0.6) is 0 Å². The molecule has 0 aliphatic carbocycles. The highest BCUT2D eigenvalue weighted by Crippen LogP contribution is 2.49. The number of hydrogen-bond acceptors (Lipinski definition) is 6. The second-order valence-corrected chi connectivity index (χ2v) is 5.60. The Morgan fingerprint density at radius 1 is 1.29 bits per heavy atom. The molecular weight excluding hydrogens is 256 g/mol. The summed E-state index contributed by atoms with van der Waals surface area (Å²) in [5.74, 6) is -0.296. The zero-order valence-electron chi connectivity index (χ0n) is 9.17. The standard InChI is InChI=1S/C10H8N4OS2/c1-14(2)9(15)6(5-11)10-16-7-8(17-10)13-4-3-12-7/h3-4H,1-2H3. The molecule has 86 valence electrons. The van der Waals surface area contributed by atoms with E-state index in [0.717, 1.165) is 10.1 Å². The summed E-state index contributed by atoms with van der Waals surface area (Å²) in [6.07, 6.45) is 3.18. The SMILES string of the molecule is CN(C)C(=O)C(C#N)=C1Sc2nccnc2S1. The van der Waals surface area contributed by atoms with Crippen molar-refractivity contribution in [2.45, 2.75) is 10.1 Å². The highest BCUT2D eigenvalue weighted by atomic mass is 32.2. The summed E-state index contributed by atoms with van der Waals surface area (Å²) >= 11 is 2.63. The number of fused-ring (bicyclic) bond motifs is 1. The molecule has 1 aliphatic heterocycles. The lowest BCUT2D eigenvalue weighted by Crippen LogP contribution is -2.23. The van der Waals surface area contributed by atoms with Gasteiger partial charge in [0, 0.05) is 26.5 Å². The molecule has 1 aromatic heterocycles. The molecule has 5 nitrogen and oxygen atoms in total. The molecule has 0 saturated heterocycles. The van der Waals surface area contributed by atoms with Gasteiger partial charge in [0.2, 0.25) is 0 Å². The van der Waals surface area contributed by atoms with Crippen LogP contribution >= 0.6 is 23.5 Å². The van der Waals surface area contributed by atoms with Crippen LogP contribution in [0.4, 0.5) is 0 Å². The van der Waals surface area contributed by atoms with Crippen molar-refractivity contribution in [3.05, 3.63) is 22.2 Å². The molecule has 1 amide bonds. The average molecular weight is 264 g/mol. The maximum atomic E-state index is 11.8. The zero-order valence-corrected chi connectivity index (χ0v) is 10.8. The fourth-order valence-electron chi connectivity index (χ4n) is 1.16. The third kappa shape index (κ3) is 2.28. The van der Waals surface area contributed by atoms with Gasteiger partial charge >= 0.3 is 0 Å². The Kier molecular flexibility index (Phi) is 3.36. The molecule has 0 N–H and O–H groups in total. The van der Waals surface area contributed by atoms with Crippen LogP contribution in [-0.2, 0) is 4.79 Å². The van der Waals surface area contributed by atoms with Gasteiger partial charge in [-0.3, -0.25) is 4.79 Å². The van der Waals surface area contributed by atoms with Gasteiger partial charge in [0.15, 0.2) is 0 Å². The minimum atomic E-state index is -0.296. The maximum absolute atomic E-state index is 11.8. The summed E-state index contributed by atoms with van der Waals surface area (Å²) < 4.78 is 0.646. The van der Waals surface area contributed by atoms with E-state index in [1.807, 2.05) is 6.07 Å². The molecule has 0 unspecified atom stereocenters. The number of likely N-dealkylation sites (N-methyl/N-ethyl adjacent to an activating group) is 1. The summed E-state index contributed by atoms with van der Waals surface area (Å²) in [7, 11) is 3.24. The molecule has 0 bridgehead atoms. The first kappa shape index (κ1) is 12.0. The van der Waals surface area contributed by atoms with Gasteiger partial charge in [-0.1, -0.05) is 23.5 Å². The molecule has 0 atom stereocenters. The molecule has 17 heavy (non-hydrogen) atoms. The Labute approximate surface area is 107 Å². The van der Waals surface area contributed by atoms with Gasteiger partial charge < -0.3 is 4.90 Å². The van der Waals surface area contributed by atoms with Crippen LogP contribution in [0.2, 0.25) is 0 Å². The quantitative estimate of drug-likeness (QED) is 0.565. The Bertz CT molecular complexity index is 520. The minimum Gasteiger partial charge on any atom is -0.344 e. The normalized spacial score (nSPS) is 12.9. The van der Waals surface area contributed by atoms with Crippen molar-refractivity contribution in [3.63, 3.8) is 0 Å². The lowest BCUT2D eigenvalue weighted by atomic mass is 10.3. The van der Waals surface area contributed by atoms with E-state index in [-0.39, 0.29) is 11.5 Å². The molecule has 0 aromatic carbocycles. The largest absolute Gasteiger partial charge is 0.344 e. The van der Waals surface area contributed by atoms with E-state index in [1.165, 1.54) is 28.4 Å². The Hall–Kier alpha value is -1.52.